The molecule has 0 aliphatic carbocycles. The van der Waals surface area contributed by atoms with Gasteiger partial charge in [-0.1, -0.05) is 0 Å². The Hall–Kier alpha value is -1.03. The first-order valence-corrected chi connectivity index (χ1v) is 5.53. The molecule has 0 saturated heterocycles. The van der Waals surface area contributed by atoms with Crippen molar-refractivity contribution in [3.63, 3.8) is 0 Å². The van der Waals surface area contributed by atoms with Crippen molar-refractivity contribution in [2.24, 2.45) is 4.99 Å². The highest BCUT2D eigenvalue weighted by Crippen LogP contribution is 2.18. The summed E-state index contributed by atoms with van der Waals surface area (Å²) in [6.45, 7) is 12.7. The van der Waals surface area contributed by atoms with Gasteiger partial charge in [0.1, 0.15) is 24.2 Å². The Balaban J connectivity index is 2.54. The normalized spacial score (nSPS) is 17.4. The van der Waals surface area contributed by atoms with Crippen LogP contribution in [0.4, 0.5) is 0 Å². The fourth-order valence-corrected chi connectivity index (χ4v) is 1.29. The molecule has 4 nitrogen and oxygen atoms in total. The van der Waals surface area contributed by atoms with Crippen molar-refractivity contribution in [2.45, 2.75) is 52.7 Å². The Morgan fingerprint density at radius 1 is 1.12 bits per heavy atom. The highest BCUT2D eigenvalue weighted by Gasteiger charge is 2.21. The number of rotatable bonds is 2. The average Bonchev–Trinajstić information content (AvgIpc) is 1.96. The molecule has 1 heterocycles. The second-order valence-electron chi connectivity index (χ2n) is 5.85. The van der Waals surface area contributed by atoms with Gasteiger partial charge in [0, 0.05) is 0 Å². The first-order valence-electron chi connectivity index (χ1n) is 5.53. The first kappa shape index (κ1) is 13.0. The van der Waals surface area contributed by atoms with E-state index in [1.165, 1.54) is 0 Å². The lowest BCUT2D eigenvalue weighted by Crippen LogP contribution is -2.36. The summed E-state index contributed by atoms with van der Waals surface area (Å²) in [6.07, 6.45) is 3.40. The Bertz CT molecular complexity index is 295. The van der Waals surface area contributed by atoms with Crippen molar-refractivity contribution in [1.82, 2.24) is 5.06 Å². The van der Waals surface area contributed by atoms with Gasteiger partial charge in [0.2, 0.25) is 0 Å². The molecule has 0 aromatic carbocycles. The zero-order chi connectivity index (χ0) is 12.4. The van der Waals surface area contributed by atoms with E-state index in [2.05, 4.69) is 4.99 Å². The van der Waals surface area contributed by atoms with Crippen molar-refractivity contribution in [3.05, 3.63) is 12.0 Å². The van der Waals surface area contributed by atoms with E-state index in [0.717, 1.165) is 5.76 Å². The molecule has 0 N–H and O–H groups in total. The molecule has 0 saturated carbocycles. The molecule has 0 aromatic rings. The van der Waals surface area contributed by atoms with Crippen LogP contribution in [0.1, 0.15) is 41.5 Å². The molecule has 92 valence electrons. The molecule has 4 heteroatoms. The van der Waals surface area contributed by atoms with Crippen LogP contribution in [-0.4, -0.2) is 29.1 Å². The molecule has 0 bridgehead atoms. The van der Waals surface area contributed by atoms with E-state index in [1.54, 1.807) is 17.6 Å². The maximum Gasteiger partial charge on any atom is 0.137 e. The van der Waals surface area contributed by atoms with Crippen molar-refractivity contribution in [1.29, 1.82) is 0 Å². The quantitative estimate of drug-likeness (QED) is 0.726. The minimum absolute atomic E-state index is 0.202. The minimum atomic E-state index is -0.226. The third-order valence-electron chi connectivity index (χ3n) is 1.55. The molecule has 0 unspecified atom stereocenters. The molecule has 0 fully saturated rings. The Morgan fingerprint density at radius 2 is 1.75 bits per heavy atom. The van der Waals surface area contributed by atoms with Crippen LogP contribution in [0.5, 0.6) is 0 Å². The van der Waals surface area contributed by atoms with E-state index in [9.17, 15) is 0 Å². The zero-order valence-corrected chi connectivity index (χ0v) is 11.1. The van der Waals surface area contributed by atoms with Crippen LogP contribution in [0.25, 0.3) is 0 Å². The van der Waals surface area contributed by atoms with Crippen LogP contribution >= 0.6 is 0 Å². The van der Waals surface area contributed by atoms with E-state index < -0.39 is 0 Å². The lowest BCUT2D eigenvalue weighted by Gasteiger charge is -2.32. The largest absolute Gasteiger partial charge is 0.489 e. The molecule has 0 radical (unpaired) electrons. The monoisotopic (exact) mass is 226 g/mol. The fraction of sp³-hybridized carbons (Fsp3) is 0.750. The summed E-state index contributed by atoms with van der Waals surface area (Å²) < 4.78 is 5.75. The standard InChI is InChI=1S/C12H22N2O2/c1-11(2,3)15-10-7-13-9-14(8-10)16-12(4,5)6/h7,9H,8H2,1-6H3. The van der Waals surface area contributed by atoms with Gasteiger partial charge in [0.25, 0.3) is 0 Å². The average molecular weight is 226 g/mol. The molecule has 1 aliphatic heterocycles. The van der Waals surface area contributed by atoms with Crippen molar-refractivity contribution < 1.29 is 9.57 Å². The van der Waals surface area contributed by atoms with Crippen LogP contribution in [0.15, 0.2) is 17.0 Å². The van der Waals surface area contributed by atoms with Gasteiger partial charge in [-0.25, -0.2) is 10.1 Å². The molecule has 1 rings (SSSR count). The Kier molecular flexibility index (Phi) is 3.63. The van der Waals surface area contributed by atoms with Gasteiger partial charge in [-0.05, 0) is 41.5 Å². The molecule has 0 amide bonds. The molecule has 0 spiro atoms. The van der Waals surface area contributed by atoms with Crippen molar-refractivity contribution >= 4 is 6.34 Å². The van der Waals surface area contributed by atoms with E-state index >= 15 is 0 Å². The van der Waals surface area contributed by atoms with Crippen LogP contribution < -0.4 is 0 Å². The molecule has 0 aromatic heterocycles. The number of hydrogen-bond donors (Lipinski definition) is 0. The highest BCUT2D eigenvalue weighted by atomic mass is 16.7. The summed E-state index contributed by atoms with van der Waals surface area (Å²) in [4.78, 5) is 9.78. The lowest BCUT2D eigenvalue weighted by atomic mass is 10.2. The number of hydrogen-bond acceptors (Lipinski definition) is 4. The van der Waals surface area contributed by atoms with Crippen LogP contribution in [0.2, 0.25) is 0 Å². The molecular weight excluding hydrogens is 204 g/mol. The molecular formula is C12H22N2O2. The van der Waals surface area contributed by atoms with Gasteiger partial charge in [-0.2, -0.15) is 0 Å². The number of ether oxygens (including phenoxy) is 1. The maximum absolute atomic E-state index is 5.75. The van der Waals surface area contributed by atoms with E-state index in [0.29, 0.717) is 6.54 Å². The maximum atomic E-state index is 5.75. The lowest BCUT2D eigenvalue weighted by molar-refractivity contribution is -0.180. The molecule has 1 aliphatic rings. The van der Waals surface area contributed by atoms with Gasteiger partial charge in [-0.15, -0.1) is 0 Å². The van der Waals surface area contributed by atoms with Gasteiger partial charge in [-0.3, -0.25) is 4.84 Å². The smallest absolute Gasteiger partial charge is 0.137 e. The number of nitrogens with zero attached hydrogens (tertiary/aromatic N) is 2. The third-order valence-corrected chi connectivity index (χ3v) is 1.55. The summed E-state index contributed by atoms with van der Waals surface area (Å²) >= 11 is 0. The summed E-state index contributed by atoms with van der Waals surface area (Å²) in [5.74, 6) is 0.819. The molecule has 0 atom stereocenters. The molecule has 16 heavy (non-hydrogen) atoms. The first-order chi connectivity index (χ1) is 7.16. The predicted molar refractivity (Wildman–Crippen MR) is 65.0 cm³/mol. The Labute approximate surface area is 97.9 Å². The predicted octanol–water partition coefficient (Wildman–Crippen LogP) is 2.72. The minimum Gasteiger partial charge on any atom is -0.489 e. The second-order valence-corrected chi connectivity index (χ2v) is 5.85. The Morgan fingerprint density at radius 3 is 2.25 bits per heavy atom. The SMILES string of the molecule is CC(C)(C)OC1=CN=CN(OC(C)(C)C)C1. The van der Waals surface area contributed by atoms with Gasteiger partial charge in [0.05, 0.1) is 11.8 Å². The third kappa shape index (κ3) is 5.16. The zero-order valence-electron chi connectivity index (χ0n) is 11.1. The van der Waals surface area contributed by atoms with Gasteiger partial charge < -0.3 is 4.74 Å². The van der Waals surface area contributed by atoms with Crippen LogP contribution in [0.3, 0.4) is 0 Å². The summed E-state index contributed by atoms with van der Waals surface area (Å²) in [5.41, 5.74) is -0.428. The topological polar surface area (TPSA) is 34.1 Å². The van der Waals surface area contributed by atoms with E-state index in [1.807, 2.05) is 41.5 Å². The van der Waals surface area contributed by atoms with Crippen molar-refractivity contribution in [2.75, 3.05) is 6.54 Å². The van der Waals surface area contributed by atoms with Gasteiger partial charge in [0.15, 0.2) is 0 Å². The second kappa shape index (κ2) is 4.45. The van der Waals surface area contributed by atoms with Crippen LogP contribution in [-0.2, 0) is 9.57 Å². The highest BCUT2D eigenvalue weighted by molar-refractivity contribution is 5.56. The van der Waals surface area contributed by atoms with E-state index in [-0.39, 0.29) is 11.2 Å². The number of hydroxylamine groups is 2. The van der Waals surface area contributed by atoms with Crippen LogP contribution in [0, 0.1) is 0 Å². The summed E-state index contributed by atoms with van der Waals surface area (Å²) in [6, 6.07) is 0. The van der Waals surface area contributed by atoms with Gasteiger partial charge >= 0.3 is 0 Å². The van der Waals surface area contributed by atoms with E-state index in [4.69, 9.17) is 9.57 Å². The summed E-state index contributed by atoms with van der Waals surface area (Å²) in [5, 5.41) is 1.70. The summed E-state index contributed by atoms with van der Waals surface area (Å²) in [7, 11) is 0. The number of aliphatic imine (C=N–C) groups is 1. The fourth-order valence-electron chi connectivity index (χ4n) is 1.29. The van der Waals surface area contributed by atoms with Crippen molar-refractivity contribution in [3.8, 4) is 0 Å².